The third kappa shape index (κ3) is 3.81. The molecule has 0 aromatic rings. The van der Waals surface area contributed by atoms with Crippen molar-refractivity contribution in [2.75, 3.05) is 0 Å². The van der Waals surface area contributed by atoms with Crippen LogP contribution in [0.15, 0.2) is 16.9 Å². The fourth-order valence-electron chi connectivity index (χ4n) is 0.908. The van der Waals surface area contributed by atoms with Gasteiger partial charge >= 0.3 is 0 Å². The number of rotatable bonds is 0. The summed E-state index contributed by atoms with van der Waals surface area (Å²) >= 11 is 0. The predicted molar refractivity (Wildman–Crippen MR) is 50.8 cm³/mol. The minimum atomic E-state index is 0.0405. The summed E-state index contributed by atoms with van der Waals surface area (Å²) < 4.78 is 0. The minimum Gasteiger partial charge on any atom is -0.377 e. The summed E-state index contributed by atoms with van der Waals surface area (Å²) in [4.78, 5) is 4.06. The quantitative estimate of drug-likeness (QED) is 0.569. The number of allylic oxidation sites excluding steroid dienone is 1. The summed E-state index contributed by atoms with van der Waals surface area (Å²) in [5, 5.41) is 3.27. The first-order chi connectivity index (χ1) is 5.10. The van der Waals surface area contributed by atoms with E-state index >= 15 is 0 Å². The number of hydrogen-bond acceptors (Lipinski definition) is 2. The third-order valence-electron chi connectivity index (χ3n) is 1.18. The summed E-state index contributed by atoms with van der Waals surface area (Å²) in [7, 11) is 0. The normalized spacial score (nSPS) is 19.2. The van der Waals surface area contributed by atoms with Crippen molar-refractivity contribution in [3.8, 4) is 0 Å². The van der Waals surface area contributed by atoms with Gasteiger partial charge in [0.1, 0.15) is 0 Å². The van der Waals surface area contributed by atoms with Crippen LogP contribution in [0.3, 0.4) is 0 Å². The van der Waals surface area contributed by atoms with Crippen molar-refractivity contribution < 1.29 is 0 Å². The molecule has 0 aliphatic carbocycles. The topological polar surface area (TPSA) is 24.4 Å². The van der Waals surface area contributed by atoms with E-state index in [0.29, 0.717) is 0 Å². The zero-order chi connectivity index (χ0) is 8.91. The monoisotopic (exact) mass is 154 g/mol. The van der Waals surface area contributed by atoms with Crippen molar-refractivity contribution >= 4 is 6.21 Å². The molecule has 64 valence electrons. The van der Waals surface area contributed by atoms with E-state index in [2.05, 4.69) is 24.2 Å². The van der Waals surface area contributed by atoms with Gasteiger partial charge in [0.2, 0.25) is 0 Å². The fraction of sp³-hybridized carbons (Fsp3) is 0.667. The van der Waals surface area contributed by atoms with Crippen molar-refractivity contribution in [2.24, 2.45) is 4.99 Å². The molecule has 1 N–H and O–H groups in total. The third-order valence-corrected chi connectivity index (χ3v) is 1.18. The Bertz CT molecular complexity index is 166. The highest BCUT2D eigenvalue weighted by Crippen LogP contribution is 2.06. The highest BCUT2D eigenvalue weighted by Gasteiger charge is 2.15. The van der Waals surface area contributed by atoms with Crippen LogP contribution in [0.25, 0.3) is 0 Å². The van der Waals surface area contributed by atoms with Crippen LogP contribution in [-0.2, 0) is 0 Å². The number of hydrogen-bond donors (Lipinski definition) is 1. The average Bonchev–Trinajstić information content (AvgIpc) is 1.89. The van der Waals surface area contributed by atoms with Gasteiger partial charge in [-0.1, -0.05) is 13.8 Å². The molecule has 0 fully saturated rings. The van der Waals surface area contributed by atoms with Crippen molar-refractivity contribution in [1.29, 1.82) is 0 Å². The molecule has 0 aromatic heterocycles. The maximum Gasteiger partial charge on any atom is 0.0668 e. The van der Waals surface area contributed by atoms with Gasteiger partial charge in [0.05, 0.1) is 5.54 Å². The van der Waals surface area contributed by atoms with E-state index in [1.165, 1.54) is 0 Å². The SMILES string of the molecule is CC.CC1=CN=CC(C)(C)N1. The Morgan fingerprint density at radius 2 is 1.91 bits per heavy atom. The average molecular weight is 154 g/mol. The summed E-state index contributed by atoms with van der Waals surface area (Å²) in [6, 6.07) is 0. The van der Waals surface area contributed by atoms with Crippen LogP contribution in [0.2, 0.25) is 0 Å². The fourth-order valence-corrected chi connectivity index (χ4v) is 0.908. The van der Waals surface area contributed by atoms with Crippen LogP contribution < -0.4 is 5.32 Å². The standard InChI is InChI=1S/C7H12N2.C2H6/c1-6-4-8-5-7(2,3)9-6;1-2/h4-5,9H,1-3H3;1-2H3. The van der Waals surface area contributed by atoms with Gasteiger partial charge in [-0.3, -0.25) is 4.99 Å². The van der Waals surface area contributed by atoms with Crippen molar-refractivity contribution in [3.05, 3.63) is 11.9 Å². The molecule has 11 heavy (non-hydrogen) atoms. The Balaban J connectivity index is 0.000000461. The van der Waals surface area contributed by atoms with Crippen LogP contribution in [0.1, 0.15) is 34.6 Å². The Labute approximate surface area is 69.4 Å². The molecule has 0 aromatic carbocycles. The lowest BCUT2D eigenvalue weighted by atomic mass is 10.1. The molecule has 0 saturated carbocycles. The molecule has 0 bridgehead atoms. The molecule has 1 heterocycles. The van der Waals surface area contributed by atoms with E-state index in [1.807, 2.05) is 33.2 Å². The maximum atomic E-state index is 4.06. The van der Waals surface area contributed by atoms with Gasteiger partial charge in [-0.05, 0) is 20.8 Å². The first-order valence-corrected chi connectivity index (χ1v) is 4.09. The first kappa shape index (κ1) is 10.2. The van der Waals surface area contributed by atoms with Gasteiger partial charge in [0.15, 0.2) is 0 Å². The molecule has 1 aliphatic rings. The van der Waals surface area contributed by atoms with Gasteiger partial charge < -0.3 is 5.32 Å². The lowest BCUT2D eigenvalue weighted by Gasteiger charge is -2.25. The van der Waals surface area contributed by atoms with E-state index < -0.39 is 0 Å². The molecular weight excluding hydrogens is 136 g/mol. The highest BCUT2D eigenvalue weighted by atomic mass is 15.0. The van der Waals surface area contributed by atoms with Gasteiger partial charge in [0, 0.05) is 18.1 Å². The second-order valence-electron chi connectivity index (χ2n) is 2.94. The molecular formula is C9H18N2. The Morgan fingerprint density at radius 1 is 1.36 bits per heavy atom. The van der Waals surface area contributed by atoms with Gasteiger partial charge in [-0.25, -0.2) is 0 Å². The molecule has 0 saturated heterocycles. The minimum absolute atomic E-state index is 0.0405. The molecule has 0 unspecified atom stereocenters. The van der Waals surface area contributed by atoms with Crippen LogP contribution >= 0.6 is 0 Å². The second kappa shape index (κ2) is 4.16. The lowest BCUT2D eigenvalue weighted by molar-refractivity contribution is 0.569. The van der Waals surface area contributed by atoms with E-state index in [0.717, 1.165) is 5.70 Å². The molecule has 1 aliphatic heterocycles. The summed E-state index contributed by atoms with van der Waals surface area (Å²) in [6.07, 6.45) is 3.73. The summed E-state index contributed by atoms with van der Waals surface area (Å²) in [6.45, 7) is 10.2. The van der Waals surface area contributed by atoms with Crippen molar-refractivity contribution in [1.82, 2.24) is 5.32 Å². The number of nitrogens with zero attached hydrogens (tertiary/aromatic N) is 1. The summed E-state index contributed by atoms with van der Waals surface area (Å²) in [5.74, 6) is 0. The van der Waals surface area contributed by atoms with E-state index in [-0.39, 0.29) is 5.54 Å². The van der Waals surface area contributed by atoms with Crippen LogP contribution in [0, 0.1) is 0 Å². The summed E-state index contributed by atoms with van der Waals surface area (Å²) in [5.41, 5.74) is 1.17. The van der Waals surface area contributed by atoms with E-state index in [4.69, 9.17) is 0 Å². The molecule has 0 radical (unpaired) electrons. The number of nitrogens with one attached hydrogen (secondary N) is 1. The number of aliphatic imine (C=N–C) groups is 1. The first-order valence-electron chi connectivity index (χ1n) is 4.09. The lowest BCUT2D eigenvalue weighted by Crippen LogP contribution is -2.40. The van der Waals surface area contributed by atoms with Gasteiger partial charge in [-0.15, -0.1) is 0 Å². The van der Waals surface area contributed by atoms with Crippen LogP contribution in [-0.4, -0.2) is 11.8 Å². The zero-order valence-corrected chi connectivity index (χ0v) is 8.10. The Kier molecular flexibility index (Phi) is 3.86. The molecule has 0 atom stereocenters. The van der Waals surface area contributed by atoms with E-state index in [9.17, 15) is 0 Å². The van der Waals surface area contributed by atoms with E-state index in [1.54, 1.807) is 0 Å². The second-order valence-corrected chi connectivity index (χ2v) is 2.94. The molecule has 1 rings (SSSR count). The van der Waals surface area contributed by atoms with Gasteiger partial charge in [0.25, 0.3) is 0 Å². The van der Waals surface area contributed by atoms with Crippen LogP contribution in [0.4, 0.5) is 0 Å². The smallest absolute Gasteiger partial charge is 0.0668 e. The van der Waals surface area contributed by atoms with Gasteiger partial charge in [-0.2, -0.15) is 0 Å². The molecule has 2 heteroatoms. The van der Waals surface area contributed by atoms with Crippen LogP contribution in [0.5, 0.6) is 0 Å². The molecule has 0 amide bonds. The largest absolute Gasteiger partial charge is 0.377 e. The predicted octanol–water partition coefficient (Wildman–Crippen LogP) is 2.33. The molecule has 0 spiro atoms. The highest BCUT2D eigenvalue weighted by molar-refractivity contribution is 5.71. The Hall–Kier alpha value is -0.790. The van der Waals surface area contributed by atoms with Crippen molar-refractivity contribution in [2.45, 2.75) is 40.2 Å². The Morgan fingerprint density at radius 3 is 2.18 bits per heavy atom. The maximum absolute atomic E-state index is 4.06. The zero-order valence-electron chi connectivity index (χ0n) is 8.10. The molecule has 2 nitrogen and oxygen atoms in total. The van der Waals surface area contributed by atoms with Crippen molar-refractivity contribution in [3.63, 3.8) is 0 Å².